The van der Waals surface area contributed by atoms with Crippen LogP contribution in [0, 0.1) is 0 Å². The van der Waals surface area contributed by atoms with Crippen LogP contribution in [0.1, 0.15) is 27.6 Å². The predicted molar refractivity (Wildman–Crippen MR) is 122 cm³/mol. The van der Waals surface area contributed by atoms with E-state index in [1.54, 1.807) is 12.3 Å². The van der Waals surface area contributed by atoms with Crippen molar-refractivity contribution in [3.8, 4) is 11.5 Å². The number of pyridine rings is 1. The van der Waals surface area contributed by atoms with Gasteiger partial charge in [0, 0.05) is 57.6 Å². The molecule has 0 spiro atoms. The highest BCUT2D eigenvalue weighted by Gasteiger charge is 2.20. The Labute approximate surface area is 193 Å². The molecule has 8 nitrogen and oxygen atoms in total. The van der Waals surface area contributed by atoms with Crippen molar-refractivity contribution >= 4 is 5.91 Å². The summed E-state index contributed by atoms with van der Waals surface area (Å²) >= 11 is 0. The quantitative estimate of drug-likeness (QED) is 0.568. The lowest BCUT2D eigenvalue weighted by atomic mass is 10.1. The van der Waals surface area contributed by atoms with Crippen molar-refractivity contribution in [2.45, 2.75) is 19.5 Å². The second kappa shape index (κ2) is 10.1. The molecule has 3 aromatic rings. The van der Waals surface area contributed by atoms with Crippen molar-refractivity contribution in [2.24, 2.45) is 0 Å². The molecule has 172 valence electrons. The molecule has 0 saturated carbocycles. The molecular weight excluding hydrogens is 420 g/mol. The first kappa shape index (κ1) is 21.5. The third-order valence-electron chi connectivity index (χ3n) is 5.97. The van der Waals surface area contributed by atoms with Crippen molar-refractivity contribution in [3.63, 3.8) is 0 Å². The average molecular weight is 449 g/mol. The maximum absolute atomic E-state index is 12.4. The van der Waals surface area contributed by atoms with E-state index in [1.165, 1.54) is 5.56 Å². The fraction of sp³-hybridized carbons (Fsp3) is 0.360. The van der Waals surface area contributed by atoms with Gasteiger partial charge < -0.3 is 19.2 Å². The SMILES string of the molecule is O=C(NCCc1ccccn1)c1ccc(CN2CCN(Cc3ccc4c(c3)OCO4)CC2)o1. The third kappa shape index (κ3) is 5.53. The van der Waals surface area contributed by atoms with Crippen LogP contribution >= 0.6 is 0 Å². The van der Waals surface area contributed by atoms with E-state index < -0.39 is 0 Å². The summed E-state index contributed by atoms with van der Waals surface area (Å²) in [5, 5.41) is 2.90. The molecule has 0 atom stereocenters. The summed E-state index contributed by atoms with van der Waals surface area (Å²) in [6.45, 7) is 6.31. The Morgan fingerprint density at radius 2 is 1.76 bits per heavy atom. The summed E-state index contributed by atoms with van der Waals surface area (Å²) in [4.78, 5) is 21.4. The maximum Gasteiger partial charge on any atom is 0.287 e. The summed E-state index contributed by atoms with van der Waals surface area (Å²) in [6, 6.07) is 15.6. The highest BCUT2D eigenvalue weighted by atomic mass is 16.7. The fourth-order valence-corrected chi connectivity index (χ4v) is 4.15. The number of carbonyl (C=O) groups is 1. The molecule has 1 fully saturated rings. The lowest BCUT2D eigenvalue weighted by Crippen LogP contribution is -2.45. The Morgan fingerprint density at radius 1 is 0.939 bits per heavy atom. The monoisotopic (exact) mass is 448 g/mol. The van der Waals surface area contributed by atoms with Gasteiger partial charge in [0.2, 0.25) is 6.79 Å². The van der Waals surface area contributed by atoms with Gasteiger partial charge in [-0.25, -0.2) is 0 Å². The number of aromatic nitrogens is 1. The van der Waals surface area contributed by atoms with Gasteiger partial charge in [0.1, 0.15) is 5.76 Å². The van der Waals surface area contributed by atoms with Crippen LogP contribution in [0.4, 0.5) is 0 Å². The van der Waals surface area contributed by atoms with Crippen LogP contribution < -0.4 is 14.8 Å². The topological polar surface area (TPSA) is 80.1 Å². The van der Waals surface area contributed by atoms with Crippen LogP contribution in [0.5, 0.6) is 11.5 Å². The van der Waals surface area contributed by atoms with Gasteiger partial charge in [0.05, 0.1) is 6.54 Å². The van der Waals surface area contributed by atoms with Crippen molar-refractivity contribution in [1.82, 2.24) is 20.1 Å². The van der Waals surface area contributed by atoms with Crippen LogP contribution in [0.15, 0.2) is 59.1 Å². The first-order valence-corrected chi connectivity index (χ1v) is 11.3. The Balaban J connectivity index is 1.05. The number of hydrogen-bond acceptors (Lipinski definition) is 7. The second-order valence-corrected chi connectivity index (χ2v) is 8.33. The minimum Gasteiger partial charge on any atom is -0.455 e. The molecule has 1 amide bonds. The number of benzene rings is 1. The number of nitrogens with zero attached hydrogens (tertiary/aromatic N) is 3. The molecule has 2 aromatic heterocycles. The molecule has 1 N–H and O–H groups in total. The van der Waals surface area contributed by atoms with E-state index >= 15 is 0 Å². The van der Waals surface area contributed by atoms with Gasteiger partial charge in [-0.15, -0.1) is 0 Å². The third-order valence-corrected chi connectivity index (χ3v) is 5.97. The Kier molecular flexibility index (Phi) is 6.55. The molecule has 2 aliphatic rings. The summed E-state index contributed by atoms with van der Waals surface area (Å²) in [5.74, 6) is 2.64. The molecule has 1 aromatic carbocycles. The van der Waals surface area contributed by atoms with E-state index in [1.807, 2.05) is 30.3 Å². The number of ether oxygens (including phenoxy) is 2. The van der Waals surface area contributed by atoms with Gasteiger partial charge in [-0.2, -0.15) is 0 Å². The van der Waals surface area contributed by atoms with Crippen molar-refractivity contribution in [2.75, 3.05) is 39.5 Å². The lowest BCUT2D eigenvalue weighted by Gasteiger charge is -2.34. The van der Waals surface area contributed by atoms with Gasteiger partial charge in [-0.1, -0.05) is 12.1 Å². The van der Waals surface area contributed by atoms with Crippen LogP contribution in [-0.2, 0) is 19.5 Å². The number of amides is 1. The molecule has 1 saturated heterocycles. The largest absolute Gasteiger partial charge is 0.455 e. The minimum absolute atomic E-state index is 0.189. The van der Waals surface area contributed by atoms with E-state index in [0.717, 1.165) is 55.7 Å². The van der Waals surface area contributed by atoms with Crippen molar-refractivity contribution in [1.29, 1.82) is 0 Å². The maximum atomic E-state index is 12.4. The first-order chi connectivity index (χ1) is 16.2. The van der Waals surface area contributed by atoms with Gasteiger partial charge in [-0.05, 0) is 42.0 Å². The molecule has 2 aliphatic heterocycles. The molecular formula is C25H28N4O4. The highest BCUT2D eigenvalue weighted by molar-refractivity contribution is 5.91. The Hall–Kier alpha value is -3.36. The van der Waals surface area contributed by atoms with E-state index in [0.29, 0.717) is 32.1 Å². The summed E-state index contributed by atoms with van der Waals surface area (Å²) in [6.07, 6.45) is 2.45. The van der Waals surface area contributed by atoms with Crippen molar-refractivity contribution < 1.29 is 18.7 Å². The van der Waals surface area contributed by atoms with E-state index in [-0.39, 0.29) is 5.91 Å². The van der Waals surface area contributed by atoms with Crippen LogP contribution in [0.25, 0.3) is 0 Å². The molecule has 0 unspecified atom stereocenters. The number of fused-ring (bicyclic) bond motifs is 1. The van der Waals surface area contributed by atoms with E-state index in [9.17, 15) is 4.79 Å². The second-order valence-electron chi connectivity index (χ2n) is 8.33. The number of carbonyl (C=O) groups excluding carboxylic acids is 1. The van der Waals surface area contributed by atoms with Gasteiger partial charge in [0.25, 0.3) is 5.91 Å². The van der Waals surface area contributed by atoms with Crippen LogP contribution in [0.2, 0.25) is 0 Å². The van der Waals surface area contributed by atoms with Crippen LogP contribution in [0.3, 0.4) is 0 Å². The standard InChI is InChI=1S/C25H28N4O4/c30-25(27-10-8-20-3-1-2-9-26-20)23-7-5-21(33-23)17-29-13-11-28(12-14-29)16-19-4-6-22-24(15-19)32-18-31-22/h1-7,9,15H,8,10-14,16-18H2,(H,27,30). The predicted octanol–water partition coefficient (Wildman–Crippen LogP) is 2.69. The average Bonchev–Trinajstić information content (AvgIpc) is 3.50. The summed E-state index contributed by atoms with van der Waals surface area (Å²) < 4.78 is 16.7. The van der Waals surface area contributed by atoms with Crippen LogP contribution in [-0.4, -0.2) is 60.2 Å². The van der Waals surface area contributed by atoms with Gasteiger partial charge >= 0.3 is 0 Å². The molecule has 0 bridgehead atoms. The number of furan rings is 1. The normalized spacial score (nSPS) is 16.1. The lowest BCUT2D eigenvalue weighted by molar-refractivity contribution is 0.0915. The molecule has 4 heterocycles. The fourth-order valence-electron chi connectivity index (χ4n) is 4.15. The summed E-state index contributed by atoms with van der Waals surface area (Å²) in [7, 11) is 0. The zero-order chi connectivity index (χ0) is 22.5. The minimum atomic E-state index is -0.189. The summed E-state index contributed by atoms with van der Waals surface area (Å²) in [5.41, 5.74) is 2.19. The smallest absolute Gasteiger partial charge is 0.287 e. The number of hydrogen-bond donors (Lipinski definition) is 1. The molecule has 8 heteroatoms. The van der Waals surface area contributed by atoms with Gasteiger partial charge in [0.15, 0.2) is 17.3 Å². The van der Waals surface area contributed by atoms with E-state index in [2.05, 4.69) is 32.2 Å². The Bertz CT molecular complexity index is 1080. The van der Waals surface area contributed by atoms with E-state index in [4.69, 9.17) is 13.9 Å². The first-order valence-electron chi connectivity index (χ1n) is 11.3. The molecule has 33 heavy (non-hydrogen) atoms. The number of rotatable bonds is 8. The zero-order valence-corrected chi connectivity index (χ0v) is 18.5. The number of piperazine rings is 1. The Morgan fingerprint density at radius 3 is 2.58 bits per heavy atom. The molecule has 0 aliphatic carbocycles. The van der Waals surface area contributed by atoms with Crippen molar-refractivity contribution in [3.05, 3.63) is 77.5 Å². The van der Waals surface area contributed by atoms with Gasteiger partial charge in [-0.3, -0.25) is 19.6 Å². The highest BCUT2D eigenvalue weighted by Crippen LogP contribution is 2.32. The molecule has 0 radical (unpaired) electrons. The number of nitrogens with one attached hydrogen (secondary N) is 1. The molecule has 5 rings (SSSR count). The zero-order valence-electron chi connectivity index (χ0n) is 18.5.